The van der Waals surface area contributed by atoms with Crippen LogP contribution in [0.1, 0.15) is 20.8 Å². The van der Waals surface area contributed by atoms with Gasteiger partial charge in [-0.25, -0.2) is 14.2 Å². The molecule has 1 heterocycles. The van der Waals surface area contributed by atoms with Crippen molar-refractivity contribution in [1.29, 1.82) is 0 Å². The average molecular weight is 325 g/mol. The normalized spacial score (nSPS) is 10.4. The number of esters is 1. The van der Waals surface area contributed by atoms with Crippen molar-refractivity contribution in [3.63, 3.8) is 0 Å². The van der Waals surface area contributed by atoms with Gasteiger partial charge in [0.2, 0.25) is 0 Å². The van der Waals surface area contributed by atoms with E-state index in [0.717, 1.165) is 6.07 Å². The van der Waals surface area contributed by atoms with Gasteiger partial charge in [0.15, 0.2) is 0 Å². The predicted octanol–water partition coefficient (Wildman–Crippen LogP) is 2.81. The Morgan fingerprint density at radius 3 is 2.62 bits per heavy atom. The van der Waals surface area contributed by atoms with Gasteiger partial charge in [-0.05, 0) is 30.3 Å². The van der Waals surface area contributed by atoms with E-state index in [0.29, 0.717) is 11.0 Å². The molecule has 0 aliphatic rings. The number of methoxy groups -OCH3 is 1. The summed E-state index contributed by atoms with van der Waals surface area (Å²) in [5, 5.41) is 2.39. The molecule has 2 aromatic carbocycles. The molecule has 0 fully saturated rings. The van der Waals surface area contributed by atoms with Crippen molar-refractivity contribution < 1.29 is 18.7 Å². The number of para-hydroxylation sites is 2. The van der Waals surface area contributed by atoms with Crippen LogP contribution in [0.4, 0.5) is 10.1 Å². The molecule has 1 N–H and O–H groups in total. The minimum atomic E-state index is -0.676. The van der Waals surface area contributed by atoms with Crippen LogP contribution in [0.2, 0.25) is 0 Å². The monoisotopic (exact) mass is 325 g/mol. The van der Waals surface area contributed by atoms with Crippen molar-refractivity contribution in [2.75, 3.05) is 12.4 Å². The molecule has 1 aromatic heterocycles. The largest absolute Gasteiger partial charge is 0.465 e. The first-order valence-electron chi connectivity index (χ1n) is 6.99. The lowest BCUT2D eigenvalue weighted by atomic mass is 10.2. The highest BCUT2D eigenvalue weighted by Gasteiger charge is 2.14. The van der Waals surface area contributed by atoms with Crippen LogP contribution in [-0.4, -0.2) is 29.0 Å². The van der Waals surface area contributed by atoms with Crippen LogP contribution in [0, 0.1) is 5.82 Å². The fourth-order valence-corrected chi connectivity index (χ4v) is 2.12. The highest BCUT2D eigenvalue weighted by Crippen LogP contribution is 2.18. The average Bonchev–Trinajstić information content (AvgIpc) is 2.62. The van der Waals surface area contributed by atoms with Crippen LogP contribution in [0.15, 0.2) is 48.7 Å². The third-order valence-corrected chi connectivity index (χ3v) is 3.32. The second-order valence-corrected chi connectivity index (χ2v) is 4.88. The summed E-state index contributed by atoms with van der Waals surface area (Å²) in [5.41, 5.74) is 1.22. The number of nitrogens with zero attached hydrogens (tertiary/aromatic N) is 2. The summed E-state index contributed by atoms with van der Waals surface area (Å²) in [4.78, 5) is 32.1. The molecule has 1 amide bonds. The summed E-state index contributed by atoms with van der Waals surface area (Å²) >= 11 is 0. The fourth-order valence-electron chi connectivity index (χ4n) is 2.12. The molecular formula is C17H12FN3O3. The van der Waals surface area contributed by atoms with Gasteiger partial charge >= 0.3 is 5.97 Å². The van der Waals surface area contributed by atoms with Crippen LogP contribution in [0.5, 0.6) is 0 Å². The molecule has 120 valence electrons. The van der Waals surface area contributed by atoms with Gasteiger partial charge in [0, 0.05) is 0 Å². The highest BCUT2D eigenvalue weighted by molar-refractivity contribution is 6.04. The maximum absolute atomic E-state index is 13.9. The minimum Gasteiger partial charge on any atom is -0.465 e. The van der Waals surface area contributed by atoms with Gasteiger partial charge in [-0.2, -0.15) is 0 Å². The number of amides is 1. The topological polar surface area (TPSA) is 81.2 Å². The number of anilines is 1. The van der Waals surface area contributed by atoms with Crippen molar-refractivity contribution in [2.24, 2.45) is 0 Å². The summed E-state index contributed by atoms with van der Waals surface area (Å²) in [6, 6.07) is 10.6. The van der Waals surface area contributed by atoms with E-state index in [1.54, 1.807) is 18.2 Å². The molecule has 0 saturated carbocycles. The van der Waals surface area contributed by atoms with E-state index in [2.05, 4.69) is 20.0 Å². The molecule has 3 aromatic rings. The Kier molecular flexibility index (Phi) is 4.15. The number of fused-ring (bicyclic) bond motifs is 1. The molecular weight excluding hydrogens is 313 g/mol. The van der Waals surface area contributed by atoms with Gasteiger partial charge in [0.05, 0.1) is 35.6 Å². The van der Waals surface area contributed by atoms with Crippen molar-refractivity contribution in [3.05, 3.63) is 65.7 Å². The summed E-state index contributed by atoms with van der Waals surface area (Å²) in [5.74, 6) is -1.94. The molecule has 6 nitrogen and oxygen atoms in total. The zero-order valence-corrected chi connectivity index (χ0v) is 12.6. The lowest BCUT2D eigenvalue weighted by molar-refractivity contribution is 0.0600. The predicted molar refractivity (Wildman–Crippen MR) is 85.2 cm³/mol. The van der Waals surface area contributed by atoms with Crippen LogP contribution >= 0.6 is 0 Å². The Labute approximate surface area is 136 Å². The molecule has 0 unspecified atom stereocenters. The number of rotatable bonds is 3. The van der Waals surface area contributed by atoms with E-state index < -0.39 is 17.7 Å². The molecule has 7 heteroatoms. The Hall–Kier alpha value is -3.35. The number of aromatic nitrogens is 2. The lowest BCUT2D eigenvalue weighted by Crippen LogP contribution is -2.16. The zero-order chi connectivity index (χ0) is 17.1. The number of halogens is 1. The van der Waals surface area contributed by atoms with Crippen LogP contribution in [0.3, 0.4) is 0 Å². The van der Waals surface area contributed by atoms with E-state index in [1.165, 1.54) is 25.4 Å². The van der Waals surface area contributed by atoms with E-state index >= 15 is 0 Å². The van der Waals surface area contributed by atoms with Crippen molar-refractivity contribution in [3.8, 4) is 0 Å². The SMILES string of the molecule is COC(=O)c1ccc(F)c(NC(=O)c2cnc3ccccc3n2)c1. The Morgan fingerprint density at radius 2 is 1.88 bits per heavy atom. The van der Waals surface area contributed by atoms with Gasteiger partial charge < -0.3 is 10.1 Å². The number of carbonyl (C=O) groups is 2. The smallest absolute Gasteiger partial charge is 0.337 e. The number of nitrogens with one attached hydrogen (secondary N) is 1. The first-order valence-corrected chi connectivity index (χ1v) is 6.99. The molecule has 0 radical (unpaired) electrons. The number of carbonyl (C=O) groups excluding carboxylic acids is 2. The summed E-state index contributed by atoms with van der Waals surface area (Å²) in [7, 11) is 1.22. The van der Waals surface area contributed by atoms with E-state index in [-0.39, 0.29) is 16.9 Å². The quantitative estimate of drug-likeness (QED) is 0.749. The number of hydrogen-bond donors (Lipinski definition) is 1. The molecule has 24 heavy (non-hydrogen) atoms. The van der Waals surface area contributed by atoms with E-state index in [9.17, 15) is 14.0 Å². The molecule has 0 aliphatic heterocycles. The number of ether oxygens (including phenoxy) is 1. The molecule has 0 saturated heterocycles. The van der Waals surface area contributed by atoms with Crippen LogP contribution in [0.25, 0.3) is 11.0 Å². The standard InChI is InChI=1S/C17H12FN3O3/c1-24-17(23)10-6-7-11(18)14(8-10)21-16(22)15-9-19-12-4-2-3-5-13(12)20-15/h2-9H,1H3,(H,21,22). The molecule has 0 atom stereocenters. The molecule has 3 rings (SSSR count). The number of benzene rings is 2. The second-order valence-electron chi connectivity index (χ2n) is 4.88. The lowest BCUT2D eigenvalue weighted by Gasteiger charge is -2.08. The van der Waals surface area contributed by atoms with Crippen molar-refractivity contribution in [1.82, 2.24) is 9.97 Å². The summed E-state index contributed by atoms with van der Waals surface area (Å²) in [6.45, 7) is 0. The van der Waals surface area contributed by atoms with Gasteiger partial charge in [-0.1, -0.05) is 12.1 Å². The van der Waals surface area contributed by atoms with E-state index in [1.807, 2.05) is 6.07 Å². The second kappa shape index (κ2) is 6.41. The molecule has 0 aliphatic carbocycles. The highest BCUT2D eigenvalue weighted by atomic mass is 19.1. The Balaban J connectivity index is 1.89. The van der Waals surface area contributed by atoms with Gasteiger partial charge in [0.25, 0.3) is 5.91 Å². The van der Waals surface area contributed by atoms with Gasteiger partial charge in [-0.15, -0.1) is 0 Å². The summed E-state index contributed by atoms with van der Waals surface area (Å²) < 4.78 is 18.4. The third-order valence-electron chi connectivity index (χ3n) is 3.32. The van der Waals surface area contributed by atoms with Gasteiger partial charge in [0.1, 0.15) is 11.5 Å². The van der Waals surface area contributed by atoms with Crippen molar-refractivity contribution in [2.45, 2.75) is 0 Å². The fraction of sp³-hybridized carbons (Fsp3) is 0.0588. The maximum atomic E-state index is 13.9. The molecule has 0 bridgehead atoms. The van der Waals surface area contributed by atoms with E-state index in [4.69, 9.17) is 0 Å². The van der Waals surface area contributed by atoms with Crippen LogP contribution in [-0.2, 0) is 4.74 Å². The first-order chi connectivity index (χ1) is 11.6. The minimum absolute atomic E-state index is 0.0385. The summed E-state index contributed by atoms with van der Waals surface area (Å²) in [6.07, 6.45) is 1.31. The first kappa shape index (κ1) is 15.5. The van der Waals surface area contributed by atoms with Crippen molar-refractivity contribution >= 4 is 28.6 Å². The molecule has 0 spiro atoms. The van der Waals surface area contributed by atoms with Gasteiger partial charge in [-0.3, -0.25) is 9.78 Å². The Bertz CT molecular complexity index is 943. The number of hydrogen-bond acceptors (Lipinski definition) is 5. The maximum Gasteiger partial charge on any atom is 0.337 e. The Morgan fingerprint density at radius 1 is 1.12 bits per heavy atom. The third kappa shape index (κ3) is 3.05. The zero-order valence-electron chi connectivity index (χ0n) is 12.6. The van der Waals surface area contributed by atoms with Crippen LogP contribution < -0.4 is 5.32 Å².